The molecule has 0 fully saturated rings. The van der Waals surface area contributed by atoms with Crippen LogP contribution in [-0.2, 0) is 12.8 Å². The summed E-state index contributed by atoms with van der Waals surface area (Å²) in [6.07, 6.45) is 0. The summed E-state index contributed by atoms with van der Waals surface area (Å²) in [6, 6.07) is 13.6. The van der Waals surface area contributed by atoms with Crippen molar-refractivity contribution in [2.24, 2.45) is 7.05 Å². The number of para-hydroxylation sites is 1. The zero-order chi connectivity index (χ0) is 19.5. The van der Waals surface area contributed by atoms with Crippen LogP contribution in [0.3, 0.4) is 0 Å². The van der Waals surface area contributed by atoms with Gasteiger partial charge in [0.25, 0.3) is 0 Å². The summed E-state index contributed by atoms with van der Waals surface area (Å²) in [6.45, 7) is 0. The van der Waals surface area contributed by atoms with Gasteiger partial charge in [0.1, 0.15) is 11.6 Å². The van der Waals surface area contributed by atoms with Gasteiger partial charge in [0.05, 0.1) is 18.4 Å². The minimum atomic E-state index is -0.309. The van der Waals surface area contributed by atoms with E-state index < -0.39 is 0 Å². The van der Waals surface area contributed by atoms with Gasteiger partial charge in [-0.1, -0.05) is 29.1 Å². The number of aromatic nitrogens is 5. The minimum Gasteiger partial charge on any atom is -0.496 e. The van der Waals surface area contributed by atoms with Gasteiger partial charge >= 0.3 is 0 Å². The Hall–Kier alpha value is -3.20. The Kier molecular flexibility index (Phi) is 5.07. The second-order valence-corrected chi connectivity index (χ2v) is 6.82. The molecule has 2 aromatic heterocycles. The van der Waals surface area contributed by atoms with Crippen molar-refractivity contribution < 1.29 is 13.7 Å². The lowest BCUT2D eigenvalue weighted by Crippen LogP contribution is -1.97. The first-order valence-corrected chi connectivity index (χ1v) is 9.38. The molecule has 0 spiro atoms. The molecule has 0 N–H and O–H groups in total. The summed E-state index contributed by atoms with van der Waals surface area (Å²) in [5.41, 5.74) is 1.56. The van der Waals surface area contributed by atoms with E-state index in [9.17, 15) is 4.39 Å². The lowest BCUT2D eigenvalue weighted by Gasteiger charge is -2.07. The Balaban J connectivity index is 1.49. The first-order chi connectivity index (χ1) is 13.7. The first kappa shape index (κ1) is 18.2. The number of halogens is 1. The fraction of sp³-hybridized carbons (Fsp3) is 0.158. The number of thioether (sulfide) groups is 1. The van der Waals surface area contributed by atoms with Crippen molar-refractivity contribution in [2.45, 2.75) is 10.9 Å². The molecule has 2 aromatic carbocycles. The van der Waals surface area contributed by atoms with E-state index in [2.05, 4.69) is 20.3 Å². The minimum absolute atomic E-state index is 0.309. The molecule has 0 saturated carbocycles. The molecule has 0 bridgehead atoms. The smallest absolute Gasteiger partial charge is 0.237 e. The second-order valence-electron chi connectivity index (χ2n) is 5.87. The summed E-state index contributed by atoms with van der Waals surface area (Å²) in [5.74, 6) is 2.44. The summed E-state index contributed by atoms with van der Waals surface area (Å²) in [4.78, 5) is 4.35. The van der Waals surface area contributed by atoms with Crippen LogP contribution in [0.2, 0.25) is 0 Å². The van der Waals surface area contributed by atoms with Crippen molar-refractivity contribution in [1.82, 2.24) is 24.9 Å². The van der Waals surface area contributed by atoms with E-state index in [1.807, 2.05) is 35.9 Å². The molecule has 0 radical (unpaired) electrons. The zero-order valence-electron chi connectivity index (χ0n) is 15.2. The highest BCUT2D eigenvalue weighted by Crippen LogP contribution is 2.30. The van der Waals surface area contributed by atoms with Gasteiger partial charge in [-0.3, -0.25) is 0 Å². The molecule has 28 heavy (non-hydrogen) atoms. The third kappa shape index (κ3) is 3.61. The summed E-state index contributed by atoms with van der Waals surface area (Å²) < 4.78 is 25.6. The van der Waals surface area contributed by atoms with Gasteiger partial charge in [0.15, 0.2) is 11.0 Å². The lowest BCUT2D eigenvalue weighted by molar-refractivity contribution is 0.391. The van der Waals surface area contributed by atoms with Crippen molar-refractivity contribution in [2.75, 3.05) is 7.11 Å². The third-order valence-electron chi connectivity index (χ3n) is 4.08. The lowest BCUT2D eigenvalue weighted by atomic mass is 10.2. The molecule has 9 heteroatoms. The van der Waals surface area contributed by atoms with Crippen LogP contribution in [-0.4, -0.2) is 32.0 Å². The molecule has 7 nitrogen and oxygen atoms in total. The van der Waals surface area contributed by atoms with Crippen molar-refractivity contribution in [3.8, 4) is 28.5 Å². The van der Waals surface area contributed by atoms with E-state index >= 15 is 0 Å². The van der Waals surface area contributed by atoms with Crippen LogP contribution in [0.4, 0.5) is 4.39 Å². The normalized spacial score (nSPS) is 11.0. The Morgan fingerprint density at radius 1 is 1.11 bits per heavy atom. The summed E-state index contributed by atoms with van der Waals surface area (Å²) in [7, 11) is 3.51. The van der Waals surface area contributed by atoms with E-state index in [4.69, 9.17) is 9.26 Å². The number of methoxy groups -OCH3 is 1. The van der Waals surface area contributed by atoms with Gasteiger partial charge in [0.2, 0.25) is 11.7 Å². The molecular weight excluding hydrogens is 381 g/mol. The largest absolute Gasteiger partial charge is 0.496 e. The molecule has 0 aliphatic rings. The van der Waals surface area contributed by atoms with Crippen LogP contribution in [0, 0.1) is 5.82 Å². The maximum atomic E-state index is 13.0. The molecule has 0 unspecified atom stereocenters. The average Bonchev–Trinajstić information content (AvgIpc) is 3.34. The van der Waals surface area contributed by atoms with Gasteiger partial charge in [-0.2, -0.15) is 4.98 Å². The molecule has 0 saturated heterocycles. The summed E-state index contributed by atoms with van der Waals surface area (Å²) in [5, 5.41) is 13.2. The molecule has 0 atom stereocenters. The maximum Gasteiger partial charge on any atom is 0.237 e. The monoisotopic (exact) mass is 397 g/mol. The predicted molar refractivity (Wildman–Crippen MR) is 102 cm³/mol. The molecule has 4 aromatic rings. The Morgan fingerprint density at radius 3 is 2.68 bits per heavy atom. The maximum absolute atomic E-state index is 13.0. The Labute approximate surface area is 164 Å². The fourth-order valence-electron chi connectivity index (χ4n) is 2.66. The average molecular weight is 397 g/mol. The van der Waals surface area contributed by atoms with Crippen LogP contribution < -0.4 is 4.74 Å². The fourth-order valence-corrected chi connectivity index (χ4v) is 3.41. The molecule has 2 heterocycles. The van der Waals surface area contributed by atoms with Gasteiger partial charge in [-0.05, 0) is 36.4 Å². The summed E-state index contributed by atoms with van der Waals surface area (Å²) >= 11 is 1.43. The van der Waals surface area contributed by atoms with Crippen LogP contribution in [0.25, 0.3) is 22.8 Å². The molecular formula is C19H16FN5O2S. The quantitative estimate of drug-likeness (QED) is 0.456. The second kappa shape index (κ2) is 7.81. The standard InChI is InChI=1S/C19H16FN5O2S/c1-25-18(14-5-3-4-6-15(14)26-2)22-23-19(25)28-11-16-21-17(24-27-16)12-7-9-13(20)10-8-12/h3-10H,11H2,1-2H3. The Morgan fingerprint density at radius 2 is 1.89 bits per heavy atom. The molecule has 4 rings (SSSR count). The first-order valence-electron chi connectivity index (χ1n) is 8.40. The van der Waals surface area contributed by atoms with E-state index in [0.717, 1.165) is 11.3 Å². The van der Waals surface area contributed by atoms with Crippen LogP contribution in [0.1, 0.15) is 5.89 Å². The topological polar surface area (TPSA) is 78.9 Å². The SMILES string of the molecule is COc1ccccc1-c1nnc(SCc2nc(-c3ccc(F)cc3)no2)n1C. The number of benzene rings is 2. The Bertz CT molecular complexity index is 1090. The molecule has 0 aliphatic heterocycles. The van der Waals surface area contributed by atoms with Crippen molar-refractivity contribution in [3.63, 3.8) is 0 Å². The number of hydrogen-bond acceptors (Lipinski definition) is 7. The van der Waals surface area contributed by atoms with Crippen LogP contribution in [0.5, 0.6) is 5.75 Å². The third-order valence-corrected chi connectivity index (χ3v) is 5.08. The predicted octanol–water partition coefficient (Wildman–Crippen LogP) is 3.97. The highest BCUT2D eigenvalue weighted by Gasteiger charge is 2.16. The van der Waals surface area contributed by atoms with Crippen molar-refractivity contribution >= 4 is 11.8 Å². The van der Waals surface area contributed by atoms with Gasteiger partial charge in [0, 0.05) is 12.6 Å². The number of ether oxygens (including phenoxy) is 1. The highest BCUT2D eigenvalue weighted by atomic mass is 32.2. The van der Waals surface area contributed by atoms with Gasteiger partial charge < -0.3 is 13.8 Å². The van der Waals surface area contributed by atoms with E-state index in [1.54, 1.807) is 19.2 Å². The number of nitrogens with zero attached hydrogens (tertiary/aromatic N) is 5. The molecule has 142 valence electrons. The number of hydrogen-bond donors (Lipinski definition) is 0. The van der Waals surface area contributed by atoms with Gasteiger partial charge in [-0.25, -0.2) is 4.39 Å². The van der Waals surface area contributed by atoms with E-state index in [0.29, 0.717) is 34.0 Å². The van der Waals surface area contributed by atoms with Gasteiger partial charge in [-0.15, -0.1) is 10.2 Å². The van der Waals surface area contributed by atoms with E-state index in [-0.39, 0.29) is 5.82 Å². The molecule has 0 amide bonds. The van der Waals surface area contributed by atoms with Crippen molar-refractivity contribution in [3.05, 3.63) is 60.2 Å². The van der Waals surface area contributed by atoms with E-state index in [1.165, 1.54) is 23.9 Å². The zero-order valence-corrected chi connectivity index (χ0v) is 16.0. The highest BCUT2D eigenvalue weighted by molar-refractivity contribution is 7.98. The van der Waals surface area contributed by atoms with Crippen LogP contribution >= 0.6 is 11.8 Å². The number of rotatable bonds is 6. The van der Waals surface area contributed by atoms with Crippen molar-refractivity contribution in [1.29, 1.82) is 0 Å². The van der Waals surface area contributed by atoms with Crippen LogP contribution in [0.15, 0.2) is 58.2 Å². The molecule has 0 aliphatic carbocycles.